The quantitative estimate of drug-likeness (QED) is 0.443. The number of rotatable bonds is 6. The maximum atomic E-state index is 13.0. The molecule has 0 unspecified atom stereocenters. The Morgan fingerprint density at radius 3 is 1.89 bits per heavy atom. The van der Waals surface area contributed by atoms with Gasteiger partial charge in [0.05, 0.1) is 10.5 Å². The number of carboxylic acid groups (broad SMARTS) is 1. The van der Waals surface area contributed by atoms with Gasteiger partial charge >= 0.3 is 11.7 Å². The molecule has 0 spiro atoms. The van der Waals surface area contributed by atoms with Crippen molar-refractivity contribution in [1.82, 2.24) is 9.97 Å². The van der Waals surface area contributed by atoms with Crippen LogP contribution < -0.4 is 10.6 Å². The third kappa shape index (κ3) is 4.12. The molecule has 27 heavy (non-hydrogen) atoms. The van der Waals surface area contributed by atoms with E-state index in [9.17, 15) is 19.3 Å². The van der Waals surface area contributed by atoms with Gasteiger partial charge in [0.25, 0.3) is 0 Å². The lowest BCUT2D eigenvalue weighted by molar-refractivity contribution is -0.383. The third-order valence-corrected chi connectivity index (χ3v) is 3.51. The predicted octanol–water partition coefficient (Wildman–Crippen LogP) is 3.71. The molecule has 0 aliphatic carbocycles. The Balaban J connectivity index is 1.92. The molecule has 9 nitrogen and oxygen atoms in total. The molecule has 0 atom stereocenters. The van der Waals surface area contributed by atoms with Crippen LogP contribution in [-0.4, -0.2) is 26.0 Å². The maximum absolute atomic E-state index is 13.0. The van der Waals surface area contributed by atoms with Crippen LogP contribution in [-0.2, 0) is 0 Å². The largest absolute Gasteiger partial charge is 0.478 e. The number of hydrogen-bond donors (Lipinski definition) is 3. The molecule has 1 heterocycles. The normalized spacial score (nSPS) is 10.3. The van der Waals surface area contributed by atoms with E-state index in [1.165, 1.54) is 48.5 Å². The van der Waals surface area contributed by atoms with E-state index in [1.54, 1.807) is 0 Å². The van der Waals surface area contributed by atoms with E-state index < -0.39 is 22.4 Å². The van der Waals surface area contributed by atoms with E-state index in [1.807, 2.05) is 0 Å². The molecule has 3 rings (SSSR count). The highest BCUT2D eigenvalue weighted by Crippen LogP contribution is 2.32. The van der Waals surface area contributed by atoms with Gasteiger partial charge in [-0.25, -0.2) is 19.2 Å². The van der Waals surface area contributed by atoms with E-state index in [0.29, 0.717) is 11.4 Å². The zero-order valence-electron chi connectivity index (χ0n) is 13.6. The van der Waals surface area contributed by atoms with Gasteiger partial charge in [-0.3, -0.25) is 10.1 Å². The Morgan fingerprint density at radius 1 is 0.963 bits per heavy atom. The lowest BCUT2D eigenvalue weighted by atomic mass is 10.2. The van der Waals surface area contributed by atoms with Crippen molar-refractivity contribution in [2.75, 3.05) is 10.6 Å². The van der Waals surface area contributed by atoms with Crippen LogP contribution in [0.25, 0.3) is 0 Å². The first-order chi connectivity index (χ1) is 12.9. The summed E-state index contributed by atoms with van der Waals surface area (Å²) in [5.41, 5.74) is 0.491. The van der Waals surface area contributed by atoms with Crippen molar-refractivity contribution in [3.8, 4) is 0 Å². The fourth-order valence-corrected chi connectivity index (χ4v) is 2.24. The SMILES string of the molecule is O=C(O)c1ccc(Nc2ncnc(Nc3ccc(F)cc3)c2[N+](=O)[O-])cc1. The van der Waals surface area contributed by atoms with Gasteiger partial charge in [0.2, 0.25) is 11.6 Å². The number of hydrogen-bond acceptors (Lipinski definition) is 7. The lowest BCUT2D eigenvalue weighted by Crippen LogP contribution is -2.05. The van der Waals surface area contributed by atoms with Crippen molar-refractivity contribution >= 4 is 34.7 Å². The second-order valence-electron chi connectivity index (χ2n) is 5.32. The topological polar surface area (TPSA) is 130 Å². The van der Waals surface area contributed by atoms with Gasteiger partial charge in [0.1, 0.15) is 12.1 Å². The van der Waals surface area contributed by atoms with Gasteiger partial charge in [-0.05, 0) is 48.5 Å². The molecule has 3 aromatic rings. The zero-order valence-corrected chi connectivity index (χ0v) is 13.6. The second-order valence-corrected chi connectivity index (χ2v) is 5.32. The molecule has 0 radical (unpaired) electrons. The number of aromatic carboxylic acids is 1. The van der Waals surface area contributed by atoms with Gasteiger partial charge in [-0.2, -0.15) is 0 Å². The van der Waals surface area contributed by atoms with Crippen molar-refractivity contribution in [3.63, 3.8) is 0 Å². The van der Waals surface area contributed by atoms with Gasteiger partial charge < -0.3 is 15.7 Å². The smallest absolute Gasteiger partial charge is 0.353 e. The Hall–Kier alpha value is -4.08. The molecule has 0 aliphatic heterocycles. The molecule has 0 amide bonds. The Morgan fingerprint density at radius 2 is 1.44 bits per heavy atom. The maximum Gasteiger partial charge on any atom is 0.353 e. The summed E-state index contributed by atoms with van der Waals surface area (Å²) in [7, 11) is 0. The molecule has 0 aliphatic rings. The molecule has 0 saturated heterocycles. The van der Waals surface area contributed by atoms with Crippen LogP contribution in [0.1, 0.15) is 10.4 Å². The first-order valence-electron chi connectivity index (χ1n) is 7.56. The number of nitro groups is 1. The first-order valence-corrected chi connectivity index (χ1v) is 7.56. The molecule has 3 N–H and O–H groups in total. The molecule has 0 saturated carbocycles. The Bertz CT molecular complexity index is 993. The summed E-state index contributed by atoms with van der Waals surface area (Å²) in [5.74, 6) is -1.68. The molecule has 136 valence electrons. The minimum atomic E-state index is -1.08. The average Bonchev–Trinajstić information content (AvgIpc) is 2.64. The molecular weight excluding hydrogens is 357 g/mol. The summed E-state index contributed by atoms with van der Waals surface area (Å²) < 4.78 is 13.0. The van der Waals surface area contributed by atoms with E-state index in [2.05, 4.69) is 20.6 Å². The molecule has 1 aromatic heterocycles. The van der Waals surface area contributed by atoms with Gasteiger partial charge in [-0.1, -0.05) is 0 Å². The summed E-state index contributed by atoms with van der Waals surface area (Å²) in [6, 6.07) is 10.9. The van der Waals surface area contributed by atoms with Crippen molar-refractivity contribution in [3.05, 3.63) is 76.4 Å². The number of carboxylic acids is 1. The van der Waals surface area contributed by atoms with Gasteiger partial charge in [-0.15, -0.1) is 0 Å². The van der Waals surface area contributed by atoms with Crippen molar-refractivity contribution < 1.29 is 19.2 Å². The highest BCUT2D eigenvalue weighted by Gasteiger charge is 2.23. The van der Waals surface area contributed by atoms with Crippen LogP contribution in [0.3, 0.4) is 0 Å². The molecule has 10 heteroatoms. The number of aromatic nitrogens is 2. The van der Waals surface area contributed by atoms with E-state index in [-0.39, 0.29) is 17.2 Å². The standard InChI is InChI=1S/C17H12FN5O4/c18-11-3-7-13(8-4-11)22-16-14(23(26)27)15(19-9-20-16)21-12-5-1-10(2-6-12)17(24)25/h1-9H,(H,24,25)(H2,19,20,21,22). The van der Waals surface area contributed by atoms with Gasteiger partial charge in [0, 0.05) is 11.4 Å². The fraction of sp³-hybridized carbons (Fsp3) is 0. The predicted molar refractivity (Wildman–Crippen MR) is 95.1 cm³/mol. The minimum absolute atomic E-state index is 0.0775. The number of carbonyl (C=O) groups is 1. The van der Waals surface area contributed by atoms with Crippen molar-refractivity contribution in [1.29, 1.82) is 0 Å². The average molecular weight is 369 g/mol. The van der Waals surface area contributed by atoms with E-state index in [0.717, 1.165) is 6.33 Å². The van der Waals surface area contributed by atoms with Crippen LogP contribution >= 0.6 is 0 Å². The summed E-state index contributed by atoms with van der Waals surface area (Å²) in [6.45, 7) is 0. The fourth-order valence-electron chi connectivity index (χ4n) is 2.24. The van der Waals surface area contributed by atoms with Crippen molar-refractivity contribution in [2.24, 2.45) is 0 Å². The molecule has 0 bridgehead atoms. The van der Waals surface area contributed by atoms with Gasteiger partial charge in [0.15, 0.2) is 0 Å². The molecule has 2 aromatic carbocycles. The minimum Gasteiger partial charge on any atom is -0.478 e. The number of halogens is 1. The van der Waals surface area contributed by atoms with Crippen LogP contribution in [0.5, 0.6) is 0 Å². The first kappa shape index (κ1) is 17.7. The van der Waals surface area contributed by atoms with Crippen molar-refractivity contribution in [2.45, 2.75) is 0 Å². The number of benzene rings is 2. The number of nitrogens with one attached hydrogen (secondary N) is 2. The van der Waals surface area contributed by atoms with Crippen LogP contribution in [0, 0.1) is 15.9 Å². The summed E-state index contributed by atoms with van der Waals surface area (Å²) in [6.07, 6.45) is 1.13. The Labute approximate surface area is 151 Å². The summed E-state index contributed by atoms with van der Waals surface area (Å²) in [4.78, 5) is 29.5. The highest BCUT2D eigenvalue weighted by molar-refractivity contribution is 5.88. The molecular formula is C17H12FN5O4. The second kappa shape index (κ2) is 7.44. The summed E-state index contributed by atoms with van der Waals surface area (Å²) in [5, 5.41) is 26.0. The van der Waals surface area contributed by atoms with E-state index >= 15 is 0 Å². The molecule has 0 fully saturated rings. The van der Waals surface area contributed by atoms with Crippen LogP contribution in [0.2, 0.25) is 0 Å². The van der Waals surface area contributed by atoms with Crippen LogP contribution in [0.4, 0.5) is 33.1 Å². The number of anilines is 4. The number of nitrogens with zero attached hydrogens (tertiary/aromatic N) is 3. The van der Waals surface area contributed by atoms with Crippen LogP contribution in [0.15, 0.2) is 54.9 Å². The third-order valence-electron chi connectivity index (χ3n) is 3.51. The van der Waals surface area contributed by atoms with E-state index in [4.69, 9.17) is 5.11 Å². The zero-order chi connectivity index (χ0) is 19.4. The summed E-state index contributed by atoms with van der Waals surface area (Å²) >= 11 is 0. The highest BCUT2D eigenvalue weighted by atomic mass is 19.1. The Kier molecular flexibility index (Phi) is 4.88. The lowest BCUT2D eigenvalue weighted by Gasteiger charge is -2.10. The monoisotopic (exact) mass is 369 g/mol.